The Labute approximate surface area is 147 Å². The molecule has 0 aliphatic rings. The number of nitrogens with zero attached hydrogens (tertiary/aromatic N) is 4. The molecule has 1 N–H and O–H groups in total. The summed E-state index contributed by atoms with van der Waals surface area (Å²) in [7, 11) is 0. The van der Waals surface area contributed by atoms with Gasteiger partial charge >= 0.3 is 0 Å². The molecule has 6 nitrogen and oxygen atoms in total. The summed E-state index contributed by atoms with van der Waals surface area (Å²) in [6.45, 7) is 0. The van der Waals surface area contributed by atoms with E-state index in [9.17, 15) is 4.79 Å². The summed E-state index contributed by atoms with van der Waals surface area (Å²) in [5, 5.41) is 3.94. The molecular formula is C18H12ClN5O. The maximum atomic E-state index is 13.1. The third-order valence-corrected chi connectivity index (χ3v) is 3.87. The zero-order chi connectivity index (χ0) is 17.2. The third-order valence-electron chi connectivity index (χ3n) is 3.63. The lowest BCUT2D eigenvalue weighted by molar-refractivity contribution is 0.964. The molecule has 0 saturated heterocycles. The number of hydrogen-bond donors (Lipinski definition) is 1. The Bertz CT molecular complexity index is 1100. The predicted molar refractivity (Wildman–Crippen MR) is 97.7 cm³/mol. The summed E-state index contributed by atoms with van der Waals surface area (Å²) < 4.78 is 1.48. The number of nitrogens with one attached hydrogen (secondary N) is 1. The van der Waals surface area contributed by atoms with Crippen molar-refractivity contribution in [2.75, 3.05) is 5.32 Å². The summed E-state index contributed by atoms with van der Waals surface area (Å²) in [4.78, 5) is 25.9. The van der Waals surface area contributed by atoms with Gasteiger partial charge in [-0.1, -0.05) is 29.8 Å². The summed E-state index contributed by atoms with van der Waals surface area (Å²) in [6, 6.07) is 16.0. The van der Waals surface area contributed by atoms with Crippen LogP contribution in [-0.4, -0.2) is 19.5 Å². The van der Waals surface area contributed by atoms with Gasteiger partial charge in [0.1, 0.15) is 0 Å². The Morgan fingerprint density at radius 1 is 0.960 bits per heavy atom. The average molecular weight is 350 g/mol. The lowest BCUT2D eigenvalue weighted by Crippen LogP contribution is -2.23. The summed E-state index contributed by atoms with van der Waals surface area (Å²) in [5.74, 6) is 0.685. The van der Waals surface area contributed by atoms with Crippen LogP contribution in [0.15, 0.2) is 71.8 Å². The number of rotatable bonds is 3. The lowest BCUT2D eigenvalue weighted by atomic mass is 10.2. The first-order valence-electron chi connectivity index (χ1n) is 7.54. The number of hydrogen-bond acceptors (Lipinski definition) is 5. The standard InChI is InChI=1S/C18H12ClN5O/c19-12-7-8-15-14(11-12)16(25)24(13-5-2-1-3-6-13)18(22-15)23-17-20-9-4-10-21-17/h1-11H,(H,20,21,22,23). The van der Waals surface area contributed by atoms with E-state index < -0.39 is 0 Å². The van der Waals surface area contributed by atoms with Gasteiger partial charge in [-0.2, -0.15) is 0 Å². The van der Waals surface area contributed by atoms with Gasteiger partial charge in [-0.3, -0.25) is 10.1 Å². The van der Waals surface area contributed by atoms with Gasteiger partial charge in [-0.25, -0.2) is 19.5 Å². The maximum Gasteiger partial charge on any atom is 0.267 e. The molecule has 0 radical (unpaired) electrons. The molecule has 2 aromatic carbocycles. The molecule has 4 aromatic rings. The molecule has 0 bridgehead atoms. The number of fused-ring (bicyclic) bond motifs is 1. The van der Waals surface area contributed by atoms with Crippen LogP contribution >= 0.6 is 11.6 Å². The van der Waals surface area contributed by atoms with E-state index in [2.05, 4.69) is 20.3 Å². The molecule has 122 valence electrons. The van der Waals surface area contributed by atoms with Crippen LogP contribution in [0.4, 0.5) is 11.9 Å². The fraction of sp³-hybridized carbons (Fsp3) is 0. The predicted octanol–water partition coefficient (Wildman–Crippen LogP) is 3.57. The molecule has 25 heavy (non-hydrogen) atoms. The normalized spacial score (nSPS) is 10.8. The first-order valence-corrected chi connectivity index (χ1v) is 7.92. The molecule has 0 amide bonds. The number of anilines is 2. The second-order valence-corrected chi connectivity index (χ2v) is 5.71. The molecule has 2 aromatic heterocycles. The minimum Gasteiger partial charge on any atom is -0.294 e. The van der Waals surface area contributed by atoms with Crippen LogP contribution in [0.3, 0.4) is 0 Å². The van der Waals surface area contributed by atoms with Crippen molar-refractivity contribution in [3.8, 4) is 5.69 Å². The molecule has 7 heteroatoms. The van der Waals surface area contributed by atoms with Gasteiger partial charge in [-0.05, 0) is 36.4 Å². The van der Waals surface area contributed by atoms with Crippen molar-refractivity contribution in [3.63, 3.8) is 0 Å². The minimum atomic E-state index is -0.225. The van der Waals surface area contributed by atoms with E-state index in [1.807, 2.05) is 30.3 Å². The Kier molecular flexibility index (Phi) is 3.87. The van der Waals surface area contributed by atoms with Crippen LogP contribution in [0, 0.1) is 0 Å². The molecule has 0 aliphatic heterocycles. The lowest BCUT2D eigenvalue weighted by Gasteiger charge is -2.14. The smallest absolute Gasteiger partial charge is 0.267 e. The van der Waals surface area contributed by atoms with Gasteiger partial charge in [0.25, 0.3) is 5.56 Å². The Morgan fingerprint density at radius 3 is 2.48 bits per heavy atom. The van der Waals surface area contributed by atoms with Gasteiger partial charge in [0, 0.05) is 17.4 Å². The van der Waals surface area contributed by atoms with Gasteiger partial charge in [0.2, 0.25) is 11.9 Å². The van der Waals surface area contributed by atoms with E-state index in [0.29, 0.717) is 33.5 Å². The van der Waals surface area contributed by atoms with Crippen LogP contribution in [0.25, 0.3) is 16.6 Å². The molecule has 2 heterocycles. The first-order chi connectivity index (χ1) is 12.2. The van der Waals surface area contributed by atoms with Crippen LogP contribution in [0.5, 0.6) is 0 Å². The van der Waals surface area contributed by atoms with Crippen molar-refractivity contribution in [1.82, 2.24) is 19.5 Å². The topological polar surface area (TPSA) is 72.7 Å². The van der Waals surface area contributed by atoms with Crippen LogP contribution < -0.4 is 10.9 Å². The highest BCUT2D eigenvalue weighted by Gasteiger charge is 2.14. The Balaban J connectivity index is 1.99. The average Bonchev–Trinajstić information content (AvgIpc) is 2.64. The SMILES string of the molecule is O=c1c2cc(Cl)ccc2nc(Nc2ncccn2)n1-c1ccccc1. The quantitative estimate of drug-likeness (QED) is 0.612. The molecule has 0 atom stereocenters. The van der Waals surface area contributed by atoms with E-state index in [0.717, 1.165) is 0 Å². The van der Waals surface area contributed by atoms with E-state index in [1.54, 1.807) is 36.7 Å². The zero-order valence-corrected chi connectivity index (χ0v) is 13.7. The van der Waals surface area contributed by atoms with E-state index in [4.69, 9.17) is 11.6 Å². The summed E-state index contributed by atoms with van der Waals surface area (Å²) in [5.41, 5.74) is 0.998. The molecular weight excluding hydrogens is 338 g/mol. The van der Waals surface area contributed by atoms with Gasteiger partial charge in [-0.15, -0.1) is 0 Å². The number of benzene rings is 2. The fourth-order valence-electron chi connectivity index (χ4n) is 2.52. The summed E-state index contributed by atoms with van der Waals surface area (Å²) in [6.07, 6.45) is 3.22. The monoisotopic (exact) mass is 349 g/mol. The Morgan fingerprint density at radius 2 is 1.72 bits per heavy atom. The maximum absolute atomic E-state index is 13.1. The second-order valence-electron chi connectivity index (χ2n) is 5.27. The van der Waals surface area contributed by atoms with E-state index in [-0.39, 0.29) is 5.56 Å². The fourth-order valence-corrected chi connectivity index (χ4v) is 2.69. The molecule has 0 spiro atoms. The van der Waals surface area contributed by atoms with Crippen LogP contribution in [-0.2, 0) is 0 Å². The van der Waals surface area contributed by atoms with Crippen molar-refractivity contribution in [1.29, 1.82) is 0 Å². The van der Waals surface area contributed by atoms with Gasteiger partial charge in [0.15, 0.2) is 0 Å². The Hall–Kier alpha value is -3.25. The van der Waals surface area contributed by atoms with E-state index in [1.165, 1.54) is 4.57 Å². The van der Waals surface area contributed by atoms with Crippen molar-refractivity contribution in [2.24, 2.45) is 0 Å². The van der Waals surface area contributed by atoms with Crippen LogP contribution in [0.2, 0.25) is 5.02 Å². The summed E-state index contributed by atoms with van der Waals surface area (Å²) >= 11 is 6.05. The van der Waals surface area contributed by atoms with Crippen molar-refractivity contribution in [2.45, 2.75) is 0 Å². The van der Waals surface area contributed by atoms with Crippen molar-refractivity contribution in [3.05, 3.63) is 82.4 Å². The molecule has 0 saturated carbocycles. The third kappa shape index (κ3) is 2.95. The number of para-hydroxylation sites is 1. The number of halogens is 1. The van der Waals surface area contributed by atoms with Gasteiger partial charge in [0.05, 0.1) is 16.6 Å². The number of aromatic nitrogens is 4. The van der Waals surface area contributed by atoms with Gasteiger partial charge < -0.3 is 0 Å². The largest absolute Gasteiger partial charge is 0.294 e. The second kappa shape index (κ2) is 6.33. The molecule has 0 fully saturated rings. The highest BCUT2D eigenvalue weighted by molar-refractivity contribution is 6.31. The molecule has 0 aliphatic carbocycles. The highest BCUT2D eigenvalue weighted by atomic mass is 35.5. The highest BCUT2D eigenvalue weighted by Crippen LogP contribution is 2.20. The van der Waals surface area contributed by atoms with Crippen LogP contribution in [0.1, 0.15) is 0 Å². The van der Waals surface area contributed by atoms with E-state index >= 15 is 0 Å². The minimum absolute atomic E-state index is 0.225. The van der Waals surface area contributed by atoms with Crippen molar-refractivity contribution < 1.29 is 0 Å². The van der Waals surface area contributed by atoms with Crippen molar-refractivity contribution >= 4 is 34.4 Å². The molecule has 4 rings (SSSR count). The zero-order valence-electron chi connectivity index (χ0n) is 12.9. The molecule has 0 unspecified atom stereocenters. The first kappa shape index (κ1) is 15.3.